The minimum absolute atomic E-state index is 0.109. The van der Waals surface area contributed by atoms with Crippen LogP contribution in [0.2, 0.25) is 0 Å². The molecular weight excluding hydrogens is 346 g/mol. The lowest BCUT2D eigenvalue weighted by Gasteiger charge is -2.22. The van der Waals surface area contributed by atoms with E-state index in [1.165, 1.54) is 0 Å². The molecule has 27 heavy (non-hydrogen) atoms. The van der Waals surface area contributed by atoms with E-state index in [4.69, 9.17) is 0 Å². The van der Waals surface area contributed by atoms with Crippen LogP contribution in [0.25, 0.3) is 10.9 Å². The second-order valence-corrected chi connectivity index (χ2v) is 6.75. The number of H-pyrrole nitrogens is 1. The lowest BCUT2D eigenvalue weighted by molar-refractivity contribution is 0.0944. The highest BCUT2D eigenvalue weighted by Gasteiger charge is 2.16. The van der Waals surface area contributed by atoms with E-state index in [2.05, 4.69) is 30.9 Å². The number of nitrogens with one attached hydrogen (secondary N) is 3. The molecule has 140 valence electrons. The number of nitrogens with zero attached hydrogens (tertiary/aromatic N) is 4. The number of piperidine rings is 1. The van der Waals surface area contributed by atoms with Crippen molar-refractivity contribution >= 4 is 16.8 Å². The average molecular weight is 367 g/mol. The summed E-state index contributed by atoms with van der Waals surface area (Å²) in [4.78, 5) is 31.4. The summed E-state index contributed by atoms with van der Waals surface area (Å²) in [5.41, 5.74) is 0.622. The number of rotatable bonds is 5. The third-order valence-corrected chi connectivity index (χ3v) is 4.69. The number of aromatic amines is 1. The largest absolute Gasteiger partial charge is 0.343 e. The highest BCUT2D eigenvalue weighted by Crippen LogP contribution is 2.12. The van der Waals surface area contributed by atoms with Crippen LogP contribution in [0.1, 0.15) is 29.2 Å². The first-order chi connectivity index (χ1) is 13.2. The van der Waals surface area contributed by atoms with Crippen LogP contribution < -0.4 is 16.2 Å². The Morgan fingerprint density at radius 1 is 1.33 bits per heavy atom. The molecule has 0 aliphatic carbocycles. The average Bonchev–Trinajstić information content (AvgIpc) is 3.15. The third kappa shape index (κ3) is 4.03. The van der Waals surface area contributed by atoms with Crippen molar-refractivity contribution in [1.82, 2.24) is 35.6 Å². The molecule has 3 aromatic rings. The van der Waals surface area contributed by atoms with Crippen molar-refractivity contribution in [2.45, 2.75) is 25.9 Å². The van der Waals surface area contributed by atoms with Crippen molar-refractivity contribution in [2.24, 2.45) is 5.92 Å². The lowest BCUT2D eigenvalue weighted by Crippen LogP contribution is -2.32. The van der Waals surface area contributed by atoms with E-state index in [1.54, 1.807) is 29.1 Å². The summed E-state index contributed by atoms with van der Waals surface area (Å²) < 4.78 is 1.71. The first-order valence-corrected chi connectivity index (χ1v) is 9.06. The first kappa shape index (κ1) is 17.3. The van der Waals surface area contributed by atoms with Crippen molar-refractivity contribution in [1.29, 1.82) is 0 Å². The summed E-state index contributed by atoms with van der Waals surface area (Å²) in [5, 5.41) is 14.6. The number of aromatic nitrogens is 5. The zero-order valence-corrected chi connectivity index (χ0v) is 14.8. The Hall–Kier alpha value is -3.07. The van der Waals surface area contributed by atoms with Gasteiger partial charge in [0, 0.05) is 6.54 Å². The molecule has 9 heteroatoms. The number of hydrogen-bond donors (Lipinski definition) is 3. The van der Waals surface area contributed by atoms with Gasteiger partial charge in [-0.25, -0.2) is 4.98 Å². The van der Waals surface area contributed by atoms with Gasteiger partial charge in [0.25, 0.3) is 11.5 Å². The summed E-state index contributed by atoms with van der Waals surface area (Å²) in [5.74, 6) is 0.551. The van der Waals surface area contributed by atoms with Gasteiger partial charge in [0.2, 0.25) is 0 Å². The van der Waals surface area contributed by atoms with Crippen LogP contribution in [0.3, 0.4) is 0 Å². The normalized spacial score (nSPS) is 17.1. The Kier molecular flexibility index (Phi) is 4.93. The molecule has 1 fully saturated rings. The number of fused-ring (bicyclic) bond motifs is 1. The second-order valence-electron chi connectivity index (χ2n) is 6.75. The molecule has 1 atom stereocenters. The van der Waals surface area contributed by atoms with Gasteiger partial charge < -0.3 is 15.6 Å². The Balaban J connectivity index is 1.39. The van der Waals surface area contributed by atoms with Gasteiger partial charge in [0.15, 0.2) is 5.69 Å². The monoisotopic (exact) mass is 367 g/mol. The zero-order chi connectivity index (χ0) is 18.6. The molecule has 1 aliphatic heterocycles. The van der Waals surface area contributed by atoms with Gasteiger partial charge in [-0.05, 0) is 44.0 Å². The molecule has 0 bridgehead atoms. The highest BCUT2D eigenvalue weighted by molar-refractivity contribution is 5.91. The number of hydrogen-bond acceptors (Lipinski definition) is 6. The zero-order valence-electron chi connectivity index (χ0n) is 14.8. The van der Waals surface area contributed by atoms with Gasteiger partial charge in [-0.3, -0.25) is 14.3 Å². The van der Waals surface area contributed by atoms with Crippen LogP contribution >= 0.6 is 0 Å². The molecule has 4 rings (SSSR count). The fourth-order valence-corrected chi connectivity index (χ4v) is 3.31. The molecule has 0 spiro atoms. The molecule has 0 radical (unpaired) electrons. The van der Waals surface area contributed by atoms with Crippen molar-refractivity contribution in [3.05, 3.63) is 52.3 Å². The van der Waals surface area contributed by atoms with Gasteiger partial charge in [0.05, 0.1) is 23.6 Å². The van der Waals surface area contributed by atoms with Crippen LogP contribution in [0.4, 0.5) is 0 Å². The molecule has 3 N–H and O–H groups in total. The SMILES string of the molecule is O=C(NCc1nc2ccccc2c(=O)[nH]1)c1cn(C[C@@H]2CCCNC2)nn1. The lowest BCUT2D eigenvalue weighted by atomic mass is 10.00. The molecule has 0 saturated carbocycles. The molecule has 9 nitrogen and oxygen atoms in total. The number of benzene rings is 1. The summed E-state index contributed by atoms with van der Waals surface area (Å²) in [6.45, 7) is 2.87. The van der Waals surface area contributed by atoms with Crippen LogP contribution in [-0.2, 0) is 13.1 Å². The predicted molar refractivity (Wildman–Crippen MR) is 99.1 cm³/mol. The summed E-state index contributed by atoms with van der Waals surface area (Å²) in [6, 6.07) is 7.08. The van der Waals surface area contributed by atoms with Gasteiger partial charge in [0.1, 0.15) is 5.82 Å². The Morgan fingerprint density at radius 3 is 3.07 bits per heavy atom. The standard InChI is InChI=1S/C18H21N7O2/c26-17-13-5-1-2-6-14(13)21-16(22-17)9-20-18(27)15-11-25(24-23-15)10-12-4-3-7-19-8-12/h1-2,5-6,11-12,19H,3-4,7-10H2,(H,20,27)(H,21,22,26)/t12-/m1/s1. The van der Waals surface area contributed by atoms with Gasteiger partial charge in [-0.1, -0.05) is 17.3 Å². The number of para-hydroxylation sites is 1. The van der Waals surface area contributed by atoms with E-state index in [0.29, 0.717) is 22.6 Å². The minimum atomic E-state index is -0.348. The molecule has 1 aromatic carbocycles. The molecule has 1 aliphatic rings. The number of carbonyl (C=O) groups is 1. The molecular formula is C18H21N7O2. The van der Waals surface area contributed by atoms with E-state index in [-0.39, 0.29) is 23.7 Å². The Labute approximate surface area is 155 Å². The molecule has 0 unspecified atom stereocenters. The van der Waals surface area contributed by atoms with E-state index < -0.39 is 0 Å². The fraction of sp³-hybridized carbons (Fsp3) is 0.389. The van der Waals surface area contributed by atoms with Crippen molar-refractivity contribution in [2.75, 3.05) is 13.1 Å². The Morgan fingerprint density at radius 2 is 2.22 bits per heavy atom. The van der Waals surface area contributed by atoms with Crippen LogP contribution in [-0.4, -0.2) is 44.0 Å². The van der Waals surface area contributed by atoms with Gasteiger partial charge in [-0.15, -0.1) is 5.10 Å². The maximum atomic E-state index is 12.3. The van der Waals surface area contributed by atoms with Crippen molar-refractivity contribution in [3.8, 4) is 0 Å². The topological polar surface area (TPSA) is 118 Å². The maximum absolute atomic E-state index is 12.3. The van der Waals surface area contributed by atoms with Crippen molar-refractivity contribution in [3.63, 3.8) is 0 Å². The highest BCUT2D eigenvalue weighted by atomic mass is 16.2. The van der Waals surface area contributed by atoms with Crippen LogP contribution in [0.5, 0.6) is 0 Å². The van der Waals surface area contributed by atoms with Crippen LogP contribution in [0, 0.1) is 5.92 Å². The molecule has 2 aromatic heterocycles. The number of amides is 1. The van der Waals surface area contributed by atoms with Gasteiger partial charge in [-0.2, -0.15) is 0 Å². The minimum Gasteiger partial charge on any atom is -0.343 e. The smallest absolute Gasteiger partial charge is 0.273 e. The fourth-order valence-electron chi connectivity index (χ4n) is 3.31. The summed E-state index contributed by atoms with van der Waals surface area (Å²) in [6.07, 6.45) is 3.96. The molecule has 1 amide bonds. The van der Waals surface area contributed by atoms with E-state index >= 15 is 0 Å². The summed E-state index contributed by atoms with van der Waals surface area (Å²) in [7, 11) is 0. The third-order valence-electron chi connectivity index (χ3n) is 4.69. The van der Waals surface area contributed by atoms with E-state index in [0.717, 1.165) is 32.5 Å². The second kappa shape index (κ2) is 7.67. The van der Waals surface area contributed by atoms with Crippen molar-refractivity contribution < 1.29 is 4.79 Å². The van der Waals surface area contributed by atoms with E-state index in [9.17, 15) is 9.59 Å². The predicted octanol–water partition coefficient (Wildman–Crippen LogP) is 0.444. The quantitative estimate of drug-likeness (QED) is 0.602. The number of carbonyl (C=O) groups excluding carboxylic acids is 1. The van der Waals surface area contributed by atoms with E-state index in [1.807, 2.05) is 6.07 Å². The van der Waals surface area contributed by atoms with Gasteiger partial charge >= 0.3 is 0 Å². The Bertz CT molecular complexity index is 1000. The first-order valence-electron chi connectivity index (χ1n) is 9.06. The molecule has 3 heterocycles. The maximum Gasteiger partial charge on any atom is 0.273 e. The molecule has 1 saturated heterocycles. The van der Waals surface area contributed by atoms with Crippen LogP contribution in [0.15, 0.2) is 35.3 Å². The summed E-state index contributed by atoms with van der Waals surface area (Å²) >= 11 is 0.